The second-order valence-corrected chi connectivity index (χ2v) is 4.74. The van der Waals surface area contributed by atoms with Crippen LogP contribution in [0.2, 0.25) is 0 Å². The van der Waals surface area contributed by atoms with Crippen LogP contribution in [0.4, 0.5) is 18.9 Å². The summed E-state index contributed by atoms with van der Waals surface area (Å²) in [6, 6.07) is 5.26. The first-order valence-corrected chi connectivity index (χ1v) is 6.20. The summed E-state index contributed by atoms with van der Waals surface area (Å²) in [6.07, 6.45) is -4.77. The molecule has 3 rings (SSSR count). The first kappa shape index (κ1) is 12.9. The van der Waals surface area contributed by atoms with Crippen LogP contribution in [-0.4, -0.2) is 21.9 Å². The highest BCUT2D eigenvalue weighted by Gasteiger charge is 2.34. The number of alkyl halides is 3. The first-order valence-electron chi connectivity index (χ1n) is 5.43. The molecule has 0 atom stereocenters. The van der Waals surface area contributed by atoms with E-state index in [4.69, 9.17) is 0 Å². The van der Waals surface area contributed by atoms with E-state index < -0.39 is 6.36 Å². The molecule has 1 aromatic heterocycles. The summed E-state index contributed by atoms with van der Waals surface area (Å²) in [5.41, 5.74) is 0.851. The van der Waals surface area contributed by atoms with E-state index >= 15 is 0 Å². The van der Waals surface area contributed by atoms with E-state index in [0.717, 1.165) is 17.6 Å². The third kappa shape index (κ3) is 2.31. The highest BCUT2D eigenvalue weighted by atomic mass is 32.1. The molecule has 1 aliphatic rings. The summed E-state index contributed by atoms with van der Waals surface area (Å²) in [6.45, 7) is 0.195. The molecule has 0 aliphatic carbocycles. The predicted molar refractivity (Wildman–Crippen MR) is 63.5 cm³/mol. The number of carbonyl (C=O) groups excluding carboxylic acids is 1. The highest BCUT2D eigenvalue weighted by Crippen LogP contribution is 2.32. The van der Waals surface area contributed by atoms with Gasteiger partial charge in [0.25, 0.3) is 5.91 Å². The van der Waals surface area contributed by atoms with Crippen molar-refractivity contribution in [3.63, 3.8) is 0 Å². The van der Waals surface area contributed by atoms with E-state index in [1.807, 2.05) is 0 Å². The zero-order valence-electron chi connectivity index (χ0n) is 9.72. The van der Waals surface area contributed by atoms with Gasteiger partial charge < -0.3 is 9.64 Å². The van der Waals surface area contributed by atoms with E-state index in [2.05, 4.69) is 14.3 Å². The van der Waals surface area contributed by atoms with E-state index in [-0.39, 0.29) is 18.2 Å². The van der Waals surface area contributed by atoms with Crippen molar-refractivity contribution in [3.05, 3.63) is 34.8 Å². The Morgan fingerprint density at radius 3 is 2.85 bits per heavy atom. The Morgan fingerprint density at radius 1 is 1.35 bits per heavy atom. The lowest BCUT2D eigenvalue weighted by Crippen LogP contribution is -2.23. The van der Waals surface area contributed by atoms with E-state index in [9.17, 15) is 18.0 Å². The molecule has 1 aromatic carbocycles. The van der Waals surface area contributed by atoms with E-state index in [1.165, 1.54) is 23.1 Å². The molecule has 0 unspecified atom stereocenters. The van der Waals surface area contributed by atoms with Gasteiger partial charge in [-0.05, 0) is 23.7 Å². The second-order valence-electron chi connectivity index (χ2n) is 3.99. The third-order valence-corrected chi connectivity index (χ3v) is 3.42. The molecule has 2 aromatic rings. The van der Waals surface area contributed by atoms with Crippen molar-refractivity contribution in [2.45, 2.75) is 12.9 Å². The minimum Gasteiger partial charge on any atom is -0.406 e. The number of hydrogen-bond donors (Lipinski definition) is 0. The van der Waals surface area contributed by atoms with Gasteiger partial charge in [0.15, 0.2) is 0 Å². The van der Waals surface area contributed by atoms with Crippen molar-refractivity contribution in [1.82, 2.24) is 9.59 Å². The van der Waals surface area contributed by atoms with Crippen molar-refractivity contribution < 1.29 is 22.7 Å². The fraction of sp³-hybridized carbons (Fsp3) is 0.182. The maximum absolute atomic E-state index is 12.2. The van der Waals surface area contributed by atoms with Crippen LogP contribution in [0.15, 0.2) is 24.3 Å². The fourth-order valence-corrected chi connectivity index (χ4v) is 2.50. The number of fused-ring (bicyclic) bond motifs is 1. The molecular weight excluding hydrogens is 295 g/mol. The maximum atomic E-state index is 12.2. The molecule has 1 aliphatic heterocycles. The SMILES string of the molecule is O=C1c2snnc2CN1c1cccc(OC(F)(F)F)c1. The number of halogens is 3. The van der Waals surface area contributed by atoms with E-state index in [1.54, 1.807) is 0 Å². The average Bonchev–Trinajstić information content (AvgIpc) is 2.91. The largest absolute Gasteiger partial charge is 0.573 e. The Labute approximate surface area is 114 Å². The lowest BCUT2D eigenvalue weighted by Gasteiger charge is -2.17. The summed E-state index contributed by atoms with van der Waals surface area (Å²) < 4.78 is 44.0. The Kier molecular flexibility index (Phi) is 2.85. The van der Waals surface area contributed by atoms with Crippen molar-refractivity contribution in [2.24, 2.45) is 0 Å². The van der Waals surface area contributed by atoms with Crippen molar-refractivity contribution in [2.75, 3.05) is 4.90 Å². The zero-order valence-corrected chi connectivity index (χ0v) is 10.5. The summed E-state index contributed by atoms with van der Waals surface area (Å²) >= 11 is 0.969. The lowest BCUT2D eigenvalue weighted by atomic mass is 10.3. The first-order chi connectivity index (χ1) is 9.44. The van der Waals surface area contributed by atoms with Crippen LogP contribution in [0.25, 0.3) is 0 Å². The Morgan fingerprint density at radius 2 is 2.15 bits per heavy atom. The molecular formula is C11H6F3N3O2S. The van der Waals surface area contributed by atoms with Gasteiger partial charge in [0.2, 0.25) is 0 Å². The summed E-state index contributed by atoms with van der Waals surface area (Å²) in [7, 11) is 0. The molecule has 1 amide bonds. The van der Waals surface area contributed by atoms with Gasteiger partial charge in [-0.2, -0.15) is 0 Å². The fourth-order valence-electron chi connectivity index (χ4n) is 1.88. The quantitative estimate of drug-likeness (QED) is 0.855. The van der Waals surface area contributed by atoms with Crippen LogP contribution >= 0.6 is 11.5 Å². The molecule has 0 bridgehead atoms. The monoisotopic (exact) mass is 301 g/mol. The van der Waals surface area contributed by atoms with Gasteiger partial charge in [-0.3, -0.25) is 4.79 Å². The van der Waals surface area contributed by atoms with Gasteiger partial charge in [-0.15, -0.1) is 18.3 Å². The molecule has 0 saturated carbocycles. The molecule has 0 fully saturated rings. The van der Waals surface area contributed by atoms with Crippen molar-refractivity contribution in [3.8, 4) is 5.75 Å². The molecule has 5 nitrogen and oxygen atoms in total. The number of carbonyl (C=O) groups is 1. The molecule has 9 heteroatoms. The minimum atomic E-state index is -4.77. The topological polar surface area (TPSA) is 55.3 Å². The van der Waals surface area contributed by atoms with Crippen LogP contribution in [0.5, 0.6) is 5.75 Å². The number of rotatable bonds is 2. The third-order valence-electron chi connectivity index (χ3n) is 2.67. The van der Waals surface area contributed by atoms with Gasteiger partial charge in [-0.25, -0.2) is 0 Å². The van der Waals surface area contributed by atoms with Crippen molar-refractivity contribution in [1.29, 1.82) is 0 Å². The Hall–Kier alpha value is -2.16. The van der Waals surface area contributed by atoms with E-state index in [0.29, 0.717) is 16.3 Å². The van der Waals surface area contributed by atoms with Gasteiger partial charge in [0, 0.05) is 11.8 Å². The number of anilines is 1. The van der Waals surface area contributed by atoms with Gasteiger partial charge in [-0.1, -0.05) is 10.6 Å². The predicted octanol–water partition coefficient (Wildman–Crippen LogP) is 2.60. The summed E-state index contributed by atoms with van der Waals surface area (Å²) in [4.78, 5) is 13.8. The number of amides is 1. The van der Waals surface area contributed by atoms with Crippen LogP contribution in [0.1, 0.15) is 15.4 Å². The number of nitrogens with zero attached hydrogens (tertiary/aromatic N) is 3. The number of aromatic nitrogens is 2. The molecule has 2 heterocycles. The summed E-state index contributed by atoms with van der Waals surface area (Å²) in [5.74, 6) is -0.691. The molecule has 104 valence electrons. The van der Waals surface area contributed by atoms with Gasteiger partial charge in [0.05, 0.1) is 6.54 Å². The normalized spacial score (nSPS) is 14.6. The lowest BCUT2D eigenvalue weighted by molar-refractivity contribution is -0.274. The Bertz CT molecular complexity index is 671. The second kappa shape index (κ2) is 4.44. The van der Waals surface area contributed by atoms with Crippen LogP contribution in [0.3, 0.4) is 0 Å². The smallest absolute Gasteiger partial charge is 0.406 e. The maximum Gasteiger partial charge on any atom is 0.573 e. The summed E-state index contributed by atoms with van der Waals surface area (Å²) in [5, 5.41) is 3.80. The van der Waals surface area contributed by atoms with Crippen molar-refractivity contribution >= 4 is 23.1 Å². The Balaban J connectivity index is 1.87. The van der Waals surface area contributed by atoms with Gasteiger partial charge >= 0.3 is 6.36 Å². The number of ether oxygens (including phenoxy) is 1. The average molecular weight is 301 g/mol. The molecule has 0 N–H and O–H groups in total. The molecule has 0 saturated heterocycles. The highest BCUT2D eigenvalue weighted by molar-refractivity contribution is 7.08. The zero-order chi connectivity index (χ0) is 14.3. The van der Waals surface area contributed by atoms with Gasteiger partial charge in [0.1, 0.15) is 16.3 Å². The van der Waals surface area contributed by atoms with Crippen LogP contribution in [-0.2, 0) is 6.54 Å². The molecule has 0 spiro atoms. The number of benzene rings is 1. The minimum absolute atomic E-state index is 0.195. The standard InChI is InChI=1S/C11H6F3N3O2S/c12-11(13,14)19-7-3-1-2-6(4-7)17-5-8-9(10(17)18)20-16-15-8/h1-4H,5H2. The number of hydrogen-bond acceptors (Lipinski definition) is 5. The molecule has 0 radical (unpaired) electrons. The van der Waals surface area contributed by atoms with Crippen LogP contribution in [0, 0.1) is 0 Å². The van der Waals surface area contributed by atoms with Crippen LogP contribution < -0.4 is 9.64 Å². The molecule has 20 heavy (non-hydrogen) atoms.